The van der Waals surface area contributed by atoms with Crippen molar-refractivity contribution in [2.75, 3.05) is 11.5 Å². The molecule has 0 aromatic carbocycles. The van der Waals surface area contributed by atoms with Crippen LogP contribution in [-0.2, 0) is 0 Å². The average Bonchev–Trinajstić information content (AvgIpc) is 2.07. The molecule has 0 aliphatic heterocycles. The van der Waals surface area contributed by atoms with Gasteiger partial charge in [0.1, 0.15) is 0 Å². The van der Waals surface area contributed by atoms with Gasteiger partial charge in [0.25, 0.3) is 0 Å². The Balaban J connectivity index is 3.98. The third-order valence-electron chi connectivity index (χ3n) is 1.64. The van der Waals surface area contributed by atoms with Gasteiger partial charge in [-0.25, -0.2) is 0 Å². The predicted molar refractivity (Wildman–Crippen MR) is 54.0 cm³/mol. The summed E-state index contributed by atoms with van der Waals surface area (Å²) in [6, 6.07) is 1.65. The maximum absolute atomic E-state index is 9.44. The van der Waals surface area contributed by atoms with Crippen LogP contribution in [0.25, 0.3) is 0 Å². The van der Waals surface area contributed by atoms with Gasteiger partial charge in [0.15, 0.2) is 0 Å². The molecule has 0 aliphatic rings. The van der Waals surface area contributed by atoms with Crippen molar-refractivity contribution in [3.05, 3.63) is 0 Å². The van der Waals surface area contributed by atoms with Crippen LogP contribution in [-0.4, -0.2) is 39.9 Å². The second-order valence-electron chi connectivity index (χ2n) is 2.47. The number of nitrogens with zero attached hydrogens (tertiary/aromatic N) is 1. The summed E-state index contributed by atoms with van der Waals surface area (Å²) in [6.45, 7) is 0. The molecule has 3 atom stereocenters. The van der Waals surface area contributed by atoms with E-state index in [1.54, 1.807) is 7.05 Å². The highest BCUT2D eigenvalue weighted by molar-refractivity contribution is 14.1. The van der Waals surface area contributed by atoms with E-state index >= 15 is 0 Å². The Bertz CT molecular complexity index is 156. The highest BCUT2D eigenvalue weighted by Crippen LogP contribution is 2.05. The van der Waals surface area contributed by atoms with Gasteiger partial charge in [0.2, 0.25) is 0 Å². The number of hydrogen-bond donors (Lipinski definition) is 3. The predicted octanol–water partition coefficient (Wildman–Crippen LogP) is -0.355. The van der Waals surface area contributed by atoms with Gasteiger partial charge in [-0.3, -0.25) is 0 Å². The minimum atomic E-state index is -0.956. The first-order valence-corrected chi connectivity index (χ1v) is 5.16. The van der Waals surface area contributed by atoms with Gasteiger partial charge in [-0.2, -0.15) is 5.26 Å². The lowest BCUT2D eigenvalue weighted by Gasteiger charge is -2.23. The summed E-state index contributed by atoms with van der Waals surface area (Å²) in [5, 5.41) is 29.8. The molecule has 0 rings (SSSR count). The minimum absolute atomic E-state index is 0.0318. The Kier molecular flexibility index (Phi) is 6.65. The second-order valence-corrected chi connectivity index (χ2v) is 3.35. The van der Waals surface area contributed by atoms with Crippen LogP contribution in [0.1, 0.15) is 6.42 Å². The Hall–Kier alpha value is 0.1000. The van der Waals surface area contributed by atoms with E-state index in [1.807, 2.05) is 6.07 Å². The first-order valence-electron chi connectivity index (χ1n) is 3.63. The fourth-order valence-corrected chi connectivity index (χ4v) is 1.78. The molecular weight excluding hydrogens is 271 g/mol. The molecule has 0 spiro atoms. The van der Waals surface area contributed by atoms with E-state index in [0.29, 0.717) is 4.43 Å². The molecule has 70 valence electrons. The van der Waals surface area contributed by atoms with Gasteiger partial charge in [-0.1, -0.05) is 22.6 Å². The summed E-state index contributed by atoms with van der Waals surface area (Å²) < 4.78 is 0.692. The number of nitriles is 1. The number of alkyl halides is 1. The van der Waals surface area contributed by atoms with Crippen LogP contribution in [0, 0.1) is 11.3 Å². The SMILES string of the molecule is CNC(CI)C(O)C(O)CC#N. The van der Waals surface area contributed by atoms with Crippen molar-refractivity contribution in [2.45, 2.75) is 24.7 Å². The molecule has 0 saturated heterocycles. The molecule has 0 radical (unpaired) electrons. The molecule has 0 bridgehead atoms. The third kappa shape index (κ3) is 3.67. The Labute approximate surface area is 85.7 Å². The number of likely N-dealkylation sites (N-methyl/N-ethyl adjacent to an activating group) is 1. The van der Waals surface area contributed by atoms with Crippen LogP contribution in [0.15, 0.2) is 0 Å². The number of aliphatic hydroxyl groups excluding tert-OH is 2. The third-order valence-corrected chi connectivity index (χ3v) is 2.59. The minimum Gasteiger partial charge on any atom is -0.389 e. The lowest BCUT2D eigenvalue weighted by molar-refractivity contribution is 0.00595. The molecule has 0 aliphatic carbocycles. The largest absolute Gasteiger partial charge is 0.389 e. The number of nitrogens with one attached hydrogen (secondary N) is 1. The molecule has 4 nitrogen and oxygen atoms in total. The number of halogens is 1. The summed E-state index contributed by atoms with van der Waals surface area (Å²) in [6.07, 6.45) is -1.86. The molecule has 3 unspecified atom stereocenters. The van der Waals surface area contributed by atoms with E-state index in [2.05, 4.69) is 27.9 Å². The first kappa shape index (κ1) is 12.1. The number of aliphatic hydroxyl groups is 2. The highest BCUT2D eigenvalue weighted by Gasteiger charge is 2.23. The van der Waals surface area contributed by atoms with E-state index in [9.17, 15) is 10.2 Å². The molecule has 5 heteroatoms. The van der Waals surface area contributed by atoms with Crippen LogP contribution in [0.3, 0.4) is 0 Å². The van der Waals surface area contributed by atoms with Crippen LogP contribution in [0.2, 0.25) is 0 Å². The van der Waals surface area contributed by atoms with E-state index < -0.39 is 12.2 Å². The van der Waals surface area contributed by atoms with Gasteiger partial charge in [0.05, 0.1) is 24.7 Å². The normalized spacial score (nSPS) is 17.9. The van der Waals surface area contributed by atoms with Gasteiger partial charge in [-0.05, 0) is 7.05 Å². The van der Waals surface area contributed by atoms with Gasteiger partial charge in [-0.15, -0.1) is 0 Å². The Morgan fingerprint density at radius 2 is 2.17 bits per heavy atom. The summed E-state index contributed by atoms with van der Waals surface area (Å²) in [5.41, 5.74) is 0. The summed E-state index contributed by atoms with van der Waals surface area (Å²) in [4.78, 5) is 0. The number of hydrogen-bond acceptors (Lipinski definition) is 4. The van der Waals surface area contributed by atoms with Gasteiger partial charge >= 0.3 is 0 Å². The summed E-state index contributed by atoms with van der Waals surface area (Å²) in [5.74, 6) is 0. The summed E-state index contributed by atoms with van der Waals surface area (Å²) >= 11 is 2.11. The summed E-state index contributed by atoms with van der Waals surface area (Å²) in [7, 11) is 1.71. The lowest BCUT2D eigenvalue weighted by atomic mass is 10.1. The van der Waals surface area contributed by atoms with Crippen molar-refractivity contribution in [3.63, 3.8) is 0 Å². The topological polar surface area (TPSA) is 76.3 Å². The van der Waals surface area contributed by atoms with Crippen LogP contribution in [0.5, 0.6) is 0 Å². The molecule has 0 saturated carbocycles. The van der Waals surface area contributed by atoms with E-state index in [-0.39, 0.29) is 12.5 Å². The highest BCUT2D eigenvalue weighted by atomic mass is 127. The van der Waals surface area contributed by atoms with Crippen molar-refractivity contribution < 1.29 is 10.2 Å². The Morgan fingerprint density at radius 1 is 1.58 bits per heavy atom. The van der Waals surface area contributed by atoms with Crippen molar-refractivity contribution in [1.29, 1.82) is 5.26 Å². The fraction of sp³-hybridized carbons (Fsp3) is 0.857. The second kappa shape index (κ2) is 6.60. The lowest BCUT2D eigenvalue weighted by Crippen LogP contribution is -2.45. The molecule has 0 amide bonds. The molecule has 0 heterocycles. The fourth-order valence-electron chi connectivity index (χ4n) is 0.822. The van der Waals surface area contributed by atoms with Gasteiger partial charge in [0, 0.05) is 10.5 Å². The molecular formula is C7H13IN2O2. The standard InChI is InChI=1S/C7H13IN2O2/c1-10-5(4-8)7(12)6(11)2-3-9/h5-7,10-12H,2,4H2,1H3. The van der Waals surface area contributed by atoms with Crippen molar-refractivity contribution in [2.24, 2.45) is 0 Å². The first-order chi connectivity index (χ1) is 5.67. The smallest absolute Gasteiger partial charge is 0.0969 e. The molecule has 12 heavy (non-hydrogen) atoms. The zero-order valence-corrected chi connectivity index (χ0v) is 9.02. The molecule has 3 N–H and O–H groups in total. The number of rotatable bonds is 5. The molecule has 0 fully saturated rings. The van der Waals surface area contributed by atoms with Crippen molar-refractivity contribution in [3.8, 4) is 6.07 Å². The van der Waals surface area contributed by atoms with Crippen LogP contribution < -0.4 is 5.32 Å². The van der Waals surface area contributed by atoms with Crippen molar-refractivity contribution in [1.82, 2.24) is 5.32 Å². The zero-order valence-electron chi connectivity index (χ0n) is 6.87. The van der Waals surface area contributed by atoms with Crippen LogP contribution in [0.4, 0.5) is 0 Å². The maximum Gasteiger partial charge on any atom is 0.0969 e. The molecule has 0 aromatic heterocycles. The van der Waals surface area contributed by atoms with Gasteiger partial charge < -0.3 is 15.5 Å². The monoisotopic (exact) mass is 284 g/mol. The van der Waals surface area contributed by atoms with E-state index in [1.165, 1.54) is 0 Å². The molecule has 0 aromatic rings. The quantitative estimate of drug-likeness (QED) is 0.476. The Morgan fingerprint density at radius 3 is 2.50 bits per heavy atom. The average molecular weight is 284 g/mol. The van der Waals surface area contributed by atoms with E-state index in [0.717, 1.165) is 0 Å². The van der Waals surface area contributed by atoms with Crippen molar-refractivity contribution >= 4 is 22.6 Å². The van der Waals surface area contributed by atoms with E-state index in [4.69, 9.17) is 5.26 Å². The van der Waals surface area contributed by atoms with Crippen LogP contribution >= 0.6 is 22.6 Å². The maximum atomic E-state index is 9.44. The zero-order chi connectivity index (χ0) is 9.56.